The van der Waals surface area contributed by atoms with Crippen molar-refractivity contribution in [1.29, 1.82) is 0 Å². The molecule has 2 aliphatic heterocycles. The summed E-state index contributed by atoms with van der Waals surface area (Å²) < 4.78 is 56.8. The van der Waals surface area contributed by atoms with Crippen LogP contribution in [-0.4, -0.2) is 133 Å². The van der Waals surface area contributed by atoms with Gasteiger partial charge < -0.3 is 47.4 Å². The van der Waals surface area contributed by atoms with Gasteiger partial charge in [-0.15, -0.1) is 0 Å². The van der Waals surface area contributed by atoms with E-state index in [2.05, 4.69) is 0 Å². The van der Waals surface area contributed by atoms with Crippen LogP contribution >= 0.6 is 23.5 Å². The highest BCUT2D eigenvalue weighted by molar-refractivity contribution is 8.13. The van der Waals surface area contributed by atoms with Crippen molar-refractivity contribution in [3.05, 3.63) is 0 Å². The van der Waals surface area contributed by atoms with Gasteiger partial charge >= 0.3 is 35.8 Å². The van der Waals surface area contributed by atoms with Crippen LogP contribution in [0.2, 0.25) is 0 Å². The van der Waals surface area contributed by atoms with Crippen LogP contribution in [-0.2, 0) is 80.9 Å². The standard InChI is InChI=1S/C30H44O17S2/c1-14(31)39-12-21-23(25(41-16(3)33)27(43-18(5)35)29(38-8)45-21)47-30-28(44-19(6)36)26(42-17(4)34)24(40-15(2)32)22(46-30)13-48-10-9-11-49-20(7)37/h21-30H,9-13H2,1-8H3/t21-,22-,23+,24+,25+,26+,27-,28-,29-,30+/m1/s1. The van der Waals surface area contributed by atoms with Crippen molar-refractivity contribution in [3.63, 3.8) is 0 Å². The van der Waals surface area contributed by atoms with Gasteiger partial charge in [0.2, 0.25) is 0 Å². The third-order valence-electron chi connectivity index (χ3n) is 6.69. The van der Waals surface area contributed by atoms with Gasteiger partial charge in [-0.2, -0.15) is 11.8 Å². The summed E-state index contributed by atoms with van der Waals surface area (Å²) in [5, 5.41) is -0.0187. The minimum Gasteiger partial charge on any atom is -0.463 e. The quantitative estimate of drug-likeness (QED) is 0.123. The molecule has 0 spiro atoms. The molecule has 0 saturated carbocycles. The number of ether oxygens (including phenoxy) is 10. The predicted octanol–water partition coefficient (Wildman–Crippen LogP) is 1.09. The summed E-state index contributed by atoms with van der Waals surface area (Å²) >= 11 is 2.56. The van der Waals surface area contributed by atoms with E-state index in [4.69, 9.17) is 47.4 Å². The Bertz CT molecular complexity index is 1180. The van der Waals surface area contributed by atoms with Gasteiger partial charge in [0, 0.05) is 67.1 Å². The van der Waals surface area contributed by atoms with Gasteiger partial charge in [-0.25, -0.2) is 0 Å². The third-order valence-corrected chi connectivity index (χ3v) is 8.73. The molecule has 10 atom stereocenters. The minimum atomic E-state index is -1.62. The van der Waals surface area contributed by atoms with E-state index in [-0.39, 0.29) is 10.9 Å². The summed E-state index contributed by atoms with van der Waals surface area (Å²) in [7, 11) is 1.25. The highest BCUT2D eigenvalue weighted by Crippen LogP contribution is 2.36. The zero-order valence-electron chi connectivity index (χ0n) is 28.6. The number of hydrogen-bond donors (Lipinski definition) is 0. The van der Waals surface area contributed by atoms with Gasteiger partial charge in [-0.05, 0) is 12.2 Å². The fourth-order valence-electron chi connectivity index (χ4n) is 5.04. The summed E-state index contributed by atoms with van der Waals surface area (Å²) in [5.41, 5.74) is 0. The van der Waals surface area contributed by atoms with Crippen LogP contribution < -0.4 is 0 Å². The second kappa shape index (κ2) is 20.6. The molecule has 0 aromatic rings. The van der Waals surface area contributed by atoms with Crippen molar-refractivity contribution >= 4 is 64.5 Å². The number of carbonyl (C=O) groups excluding carboxylic acids is 7. The molecule has 0 unspecified atom stereocenters. The Morgan fingerprint density at radius 2 is 1.02 bits per heavy atom. The van der Waals surface area contributed by atoms with Crippen LogP contribution in [0.1, 0.15) is 54.9 Å². The zero-order valence-corrected chi connectivity index (χ0v) is 30.2. The molecule has 17 nitrogen and oxygen atoms in total. The summed E-state index contributed by atoms with van der Waals surface area (Å²) in [6, 6.07) is 0. The molecule has 0 aromatic heterocycles. The molecule has 0 aliphatic carbocycles. The Labute approximate surface area is 292 Å². The lowest BCUT2D eigenvalue weighted by atomic mass is 9.96. The largest absolute Gasteiger partial charge is 0.463 e. The van der Waals surface area contributed by atoms with E-state index < -0.39 is 104 Å². The first kappa shape index (κ1) is 42.2. The molecule has 0 N–H and O–H groups in total. The Kier molecular flexibility index (Phi) is 17.8. The van der Waals surface area contributed by atoms with Gasteiger partial charge in [-0.1, -0.05) is 11.8 Å². The second-order valence-corrected chi connectivity index (χ2v) is 13.3. The Morgan fingerprint density at radius 1 is 0.551 bits per heavy atom. The van der Waals surface area contributed by atoms with Gasteiger partial charge in [0.15, 0.2) is 48.2 Å². The minimum absolute atomic E-state index is 0.0187. The van der Waals surface area contributed by atoms with Crippen molar-refractivity contribution in [3.8, 4) is 0 Å². The van der Waals surface area contributed by atoms with E-state index in [1.165, 1.54) is 37.6 Å². The van der Waals surface area contributed by atoms with Crippen LogP contribution in [0.3, 0.4) is 0 Å². The van der Waals surface area contributed by atoms with Gasteiger partial charge in [0.25, 0.3) is 0 Å². The molecule has 2 heterocycles. The van der Waals surface area contributed by atoms with E-state index in [1.54, 1.807) is 0 Å². The third kappa shape index (κ3) is 14.1. The van der Waals surface area contributed by atoms with Crippen molar-refractivity contribution in [2.45, 2.75) is 116 Å². The normalized spacial score (nSPS) is 29.6. The van der Waals surface area contributed by atoms with Crippen LogP contribution in [0.25, 0.3) is 0 Å². The van der Waals surface area contributed by atoms with E-state index in [9.17, 15) is 33.6 Å². The smallest absolute Gasteiger partial charge is 0.303 e. The van der Waals surface area contributed by atoms with Crippen LogP contribution in [0, 0.1) is 0 Å². The summed E-state index contributed by atoms with van der Waals surface area (Å²) in [5.74, 6) is -3.38. The maximum absolute atomic E-state index is 12.4. The first-order valence-corrected chi connectivity index (χ1v) is 17.4. The van der Waals surface area contributed by atoms with Crippen molar-refractivity contribution in [2.24, 2.45) is 0 Å². The fourth-order valence-corrected chi connectivity index (χ4v) is 6.81. The van der Waals surface area contributed by atoms with Crippen LogP contribution in [0.5, 0.6) is 0 Å². The number of hydrogen-bond acceptors (Lipinski definition) is 19. The average molecular weight is 741 g/mol. The molecular weight excluding hydrogens is 696 g/mol. The number of methoxy groups -OCH3 is 1. The lowest BCUT2D eigenvalue weighted by Crippen LogP contribution is -2.67. The van der Waals surface area contributed by atoms with Crippen molar-refractivity contribution in [2.75, 3.05) is 31.0 Å². The van der Waals surface area contributed by atoms with E-state index in [0.29, 0.717) is 17.9 Å². The van der Waals surface area contributed by atoms with Crippen molar-refractivity contribution < 1.29 is 80.9 Å². The molecule has 0 bridgehead atoms. The highest BCUT2D eigenvalue weighted by atomic mass is 32.2. The molecule has 0 amide bonds. The topological polar surface area (TPSA) is 212 Å². The molecule has 2 rings (SSSR count). The first-order valence-electron chi connectivity index (χ1n) is 15.2. The molecule has 2 aliphatic rings. The maximum Gasteiger partial charge on any atom is 0.303 e. The monoisotopic (exact) mass is 740 g/mol. The number of thioether (sulfide) groups is 2. The SMILES string of the molecule is CO[C@@H]1O[C@H](COC(C)=O)[C@H](O[C@@H]2O[C@H](CSCCCSC(C)=O)[C@H](OC(C)=O)[C@H](OC(C)=O)[C@H]2OC(C)=O)[C@H](OC(C)=O)[C@H]1OC(C)=O. The maximum atomic E-state index is 12.4. The molecule has 0 aromatic carbocycles. The molecule has 49 heavy (non-hydrogen) atoms. The molecule has 2 saturated heterocycles. The number of rotatable bonds is 16. The zero-order chi connectivity index (χ0) is 36.8. The number of carbonyl (C=O) groups is 7. The molecule has 278 valence electrons. The predicted molar refractivity (Wildman–Crippen MR) is 169 cm³/mol. The van der Waals surface area contributed by atoms with Gasteiger partial charge in [-0.3, -0.25) is 33.6 Å². The molecule has 19 heteroatoms. The molecule has 2 fully saturated rings. The molecule has 0 radical (unpaired) electrons. The lowest BCUT2D eigenvalue weighted by Gasteiger charge is -2.48. The van der Waals surface area contributed by atoms with Crippen LogP contribution in [0.15, 0.2) is 0 Å². The summed E-state index contributed by atoms with van der Waals surface area (Å²) in [6.45, 7) is 7.69. The average Bonchev–Trinajstić information content (AvgIpc) is 2.97. The number of esters is 6. The lowest BCUT2D eigenvalue weighted by molar-refractivity contribution is -0.355. The van der Waals surface area contributed by atoms with Crippen LogP contribution in [0.4, 0.5) is 0 Å². The van der Waals surface area contributed by atoms with E-state index in [1.807, 2.05) is 0 Å². The Balaban J connectivity index is 2.61. The van der Waals surface area contributed by atoms with Gasteiger partial charge in [0.05, 0.1) is 0 Å². The second-order valence-electron chi connectivity index (χ2n) is 10.9. The summed E-state index contributed by atoms with van der Waals surface area (Å²) in [4.78, 5) is 84.5. The van der Waals surface area contributed by atoms with Crippen molar-refractivity contribution in [1.82, 2.24) is 0 Å². The fraction of sp³-hybridized carbons (Fsp3) is 0.767. The first-order chi connectivity index (χ1) is 23.0. The summed E-state index contributed by atoms with van der Waals surface area (Å²) in [6.07, 6.45) is -13.2. The Morgan fingerprint density at radius 3 is 1.51 bits per heavy atom. The van der Waals surface area contributed by atoms with E-state index in [0.717, 1.165) is 41.5 Å². The van der Waals surface area contributed by atoms with Gasteiger partial charge in [0.1, 0.15) is 24.9 Å². The van der Waals surface area contributed by atoms with E-state index >= 15 is 0 Å². The Hall–Kier alpha value is -2.97. The molecular formula is C30H44O17S2. The highest BCUT2D eigenvalue weighted by Gasteiger charge is 2.57.